The van der Waals surface area contributed by atoms with Gasteiger partial charge >= 0.3 is 0 Å². The number of halogens is 1. The Morgan fingerprint density at radius 3 is 2.48 bits per heavy atom. The molecule has 0 bridgehead atoms. The quantitative estimate of drug-likeness (QED) is 0.801. The summed E-state index contributed by atoms with van der Waals surface area (Å²) in [4.78, 5) is 17.6. The largest absolute Gasteiger partial charge is 0.309 e. The van der Waals surface area contributed by atoms with Gasteiger partial charge in [0.25, 0.3) is 5.91 Å². The lowest BCUT2D eigenvalue weighted by Crippen LogP contribution is -2.33. The standard InChI is InChI=1S/C15H22ClN3O2/c1-15(2)10-21-19(14(15)20)9-11-6-7-12(8-13(11)16)18(5)17(3)4/h6-8H,9-10H2,1-5H3. The van der Waals surface area contributed by atoms with E-state index in [0.29, 0.717) is 18.2 Å². The first-order valence-corrected chi connectivity index (χ1v) is 7.24. The van der Waals surface area contributed by atoms with Crippen molar-refractivity contribution in [2.24, 2.45) is 5.41 Å². The number of carbonyl (C=O) groups is 1. The van der Waals surface area contributed by atoms with Gasteiger partial charge in [-0.3, -0.25) is 9.63 Å². The minimum absolute atomic E-state index is 0.00643. The Morgan fingerprint density at radius 2 is 2.00 bits per heavy atom. The lowest BCUT2D eigenvalue weighted by molar-refractivity contribution is -0.165. The van der Waals surface area contributed by atoms with Crippen molar-refractivity contribution in [2.75, 3.05) is 32.8 Å². The van der Waals surface area contributed by atoms with Crippen LogP contribution in [-0.4, -0.2) is 43.7 Å². The van der Waals surface area contributed by atoms with Gasteiger partial charge in [-0.1, -0.05) is 17.7 Å². The highest BCUT2D eigenvalue weighted by atomic mass is 35.5. The number of benzene rings is 1. The zero-order chi connectivity index (χ0) is 15.8. The van der Waals surface area contributed by atoms with E-state index in [-0.39, 0.29) is 5.91 Å². The van der Waals surface area contributed by atoms with Gasteiger partial charge in [0.1, 0.15) is 0 Å². The highest BCUT2D eigenvalue weighted by Gasteiger charge is 2.40. The van der Waals surface area contributed by atoms with Crippen molar-refractivity contribution in [3.8, 4) is 0 Å². The predicted molar refractivity (Wildman–Crippen MR) is 83.8 cm³/mol. The van der Waals surface area contributed by atoms with Gasteiger partial charge in [-0.05, 0) is 31.5 Å². The van der Waals surface area contributed by atoms with Gasteiger partial charge in [0.15, 0.2) is 0 Å². The molecule has 6 heteroatoms. The van der Waals surface area contributed by atoms with Gasteiger partial charge in [0.05, 0.1) is 24.3 Å². The van der Waals surface area contributed by atoms with Crippen molar-refractivity contribution in [3.05, 3.63) is 28.8 Å². The molecule has 1 heterocycles. The lowest BCUT2D eigenvalue weighted by Gasteiger charge is -2.27. The molecule has 1 aliphatic rings. The number of rotatable bonds is 4. The monoisotopic (exact) mass is 311 g/mol. The van der Waals surface area contributed by atoms with Crippen LogP contribution in [0.4, 0.5) is 5.69 Å². The number of hydrazine groups is 1. The van der Waals surface area contributed by atoms with Crippen LogP contribution in [-0.2, 0) is 16.2 Å². The first-order chi connectivity index (χ1) is 9.72. The molecule has 0 atom stereocenters. The topological polar surface area (TPSA) is 36.0 Å². The van der Waals surface area contributed by atoms with Crippen LogP contribution in [0.1, 0.15) is 19.4 Å². The Bertz CT molecular complexity index is 546. The number of amides is 1. The van der Waals surface area contributed by atoms with E-state index in [1.165, 1.54) is 5.06 Å². The van der Waals surface area contributed by atoms with Gasteiger partial charge < -0.3 is 5.01 Å². The molecule has 1 saturated heterocycles. The summed E-state index contributed by atoms with van der Waals surface area (Å²) < 4.78 is 0. The molecule has 1 amide bonds. The maximum Gasteiger partial charge on any atom is 0.254 e. The van der Waals surface area contributed by atoms with E-state index in [9.17, 15) is 4.79 Å². The summed E-state index contributed by atoms with van der Waals surface area (Å²) in [6.07, 6.45) is 0. The number of hydrogen-bond donors (Lipinski definition) is 0. The summed E-state index contributed by atoms with van der Waals surface area (Å²) in [6, 6.07) is 5.80. The van der Waals surface area contributed by atoms with Crippen molar-refractivity contribution in [2.45, 2.75) is 20.4 Å². The van der Waals surface area contributed by atoms with Crippen molar-refractivity contribution in [1.29, 1.82) is 0 Å². The third-order valence-corrected chi connectivity index (χ3v) is 4.06. The zero-order valence-corrected chi connectivity index (χ0v) is 13.9. The second-order valence-corrected chi connectivity index (χ2v) is 6.55. The lowest BCUT2D eigenvalue weighted by atomic mass is 9.95. The van der Waals surface area contributed by atoms with Crippen molar-refractivity contribution < 1.29 is 9.63 Å². The molecule has 2 rings (SSSR count). The van der Waals surface area contributed by atoms with Gasteiger partial charge in [-0.15, -0.1) is 0 Å². The minimum Gasteiger partial charge on any atom is -0.309 e. The third kappa shape index (κ3) is 3.31. The second kappa shape index (κ2) is 5.83. The normalized spacial score (nSPS) is 17.7. The van der Waals surface area contributed by atoms with Crippen LogP contribution in [0, 0.1) is 5.41 Å². The summed E-state index contributed by atoms with van der Waals surface area (Å²) in [5.41, 5.74) is 1.40. The molecule has 0 aromatic heterocycles. The maximum atomic E-state index is 12.2. The van der Waals surface area contributed by atoms with Gasteiger partial charge in [0.2, 0.25) is 0 Å². The van der Waals surface area contributed by atoms with Gasteiger partial charge in [-0.2, -0.15) is 0 Å². The molecule has 21 heavy (non-hydrogen) atoms. The molecule has 0 radical (unpaired) electrons. The summed E-state index contributed by atoms with van der Waals surface area (Å²) in [5, 5.41) is 5.97. The first-order valence-electron chi connectivity index (χ1n) is 6.86. The molecule has 0 spiro atoms. The fourth-order valence-corrected chi connectivity index (χ4v) is 2.30. The highest BCUT2D eigenvalue weighted by Crippen LogP contribution is 2.30. The van der Waals surface area contributed by atoms with E-state index >= 15 is 0 Å². The van der Waals surface area contributed by atoms with Crippen LogP contribution in [0.5, 0.6) is 0 Å². The molecule has 0 saturated carbocycles. The number of carbonyl (C=O) groups excluding carboxylic acids is 1. The Kier molecular flexibility index (Phi) is 4.46. The number of hydroxylamine groups is 2. The summed E-state index contributed by atoms with van der Waals surface area (Å²) >= 11 is 6.34. The molecule has 1 aromatic rings. The highest BCUT2D eigenvalue weighted by molar-refractivity contribution is 6.31. The molecule has 0 N–H and O–H groups in total. The number of anilines is 1. The van der Waals surface area contributed by atoms with Crippen LogP contribution in [0.15, 0.2) is 18.2 Å². The van der Waals surface area contributed by atoms with Crippen molar-refractivity contribution in [1.82, 2.24) is 10.1 Å². The Labute approximate surface area is 130 Å². The average molecular weight is 312 g/mol. The van der Waals surface area contributed by atoms with E-state index in [0.717, 1.165) is 11.3 Å². The Morgan fingerprint density at radius 1 is 1.33 bits per heavy atom. The zero-order valence-electron chi connectivity index (χ0n) is 13.2. The fourth-order valence-electron chi connectivity index (χ4n) is 2.07. The molecule has 1 aromatic carbocycles. The molecule has 1 fully saturated rings. The van der Waals surface area contributed by atoms with E-state index in [1.54, 1.807) is 0 Å². The molecule has 5 nitrogen and oxygen atoms in total. The minimum atomic E-state index is -0.461. The van der Waals surface area contributed by atoms with E-state index in [1.807, 2.05) is 63.2 Å². The molecule has 0 unspecified atom stereocenters. The molecular weight excluding hydrogens is 290 g/mol. The van der Waals surface area contributed by atoms with Crippen LogP contribution in [0.3, 0.4) is 0 Å². The smallest absolute Gasteiger partial charge is 0.254 e. The second-order valence-electron chi connectivity index (χ2n) is 6.15. The van der Waals surface area contributed by atoms with E-state index in [4.69, 9.17) is 16.4 Å². The first kappa shape index (κ1) is 16.1. The van der Waals surface area contributed by atoms with Crippen LogP contribution >= 0.6 is 11.6 Å². The summed E-state index contributed by atoms with van der Waals surface area (Å²) in [6.45, 7) is 4.54. The van der Waals surface area contributed by atoms with Crippen LogP contribution in [0.25, 0.3) is 0 Å². The summed E-state index contributed by atoms with van der Waals surface area (Å²) in [7, 11) is 5.88. The molecular formula is C15H22ClN3O2. The maximum absolute atomic E-state index is 12.2. The third-order valence-electron chi connectivity index (χ3n) is 3.71. The van der Waals surface area contributed by atoms with Crippen LogP contribution < -0.4 is 5.01 Å². The predicted octanol–water partition coefficient (Wildman–Crippen LogP) is 2.55. The Balaban J connectivity index is 2.14. The molecule has 0 aliphatic carbocycles. The van der Waals surface area contributed by atoms with E-state index < -0.39 is 5.41 Å². The van der Waals surface area contributed by atoms with E-state index in [2.05, 4.69) is 0 Å². The average Bonchev–Trinajstić information content (AvgIpc) is 2.67. The van der Waals surface area contributed by atoms with Crippen LogP contribution in [0.2, 0.25) is 5.02 Å². The van der Waals surface area contributed by atoms with Crippen molar-refractivity contribution in [3.63, 3.8) is 0 Å². The Hall–Kier alpha value is -1.30. The molecule has 116 valence electrons. The number of hydrogen-bond acceptors (Lipinski definition) is 4. The van der Waals surface area contributed by atoms with Gasteiger partial charge in [-0.25, -0.2) is 10.1 Å². The number of nitrogens with zero attached hydrogens (tertiary/aromatic N) is 3. The fraction of sp³-hybridized carbons (Fsp3) is 0.533. The van der Waals surface area contributed by atoms with Crippen molar-refractivity contribution >= 4 is 23.2 Å². The van der Waals surface area contributed by atoms with Gasteiger partial charge in [0, 0.05) is 26.2 Å². The SMILES string of the molecule is CN(C)N(C)c1ccc(CN2OCC(C)(C)C2=O)c(Cl)c1. The molecule has 1 aliphatic heterocycles. The summed E-state index contributed by atoms with van der Waals surface area (Å²) in [5.74, 6) is -0.00643.